The third kappa shape index (κ3) is 4.46. The molecule has 6 nitrogen and oxygen atoms in total. The van der Waals surface area contributed by atoms with E-state index in [1.165, 1.54) is 0 Å². The van der Waals surface area contributed by atoms with Crippen LogP contribution in [0.1, 0.15) is 12.8 Å². The molecule has 0 aliphatic carbocycles. The lowest BCUT2D eigenvalue weighted by Gasteiger charge is -2.14. The van der Waals surface area contributed by atoms with Crippen LogP contribution in [0, 0.1) is 5.92 Å². The molecule has 1 aromatic rings. The van der Waals surface area contributed by atoms with E-state index in [0.29, 0.717) is 25.9 Å². The van der Waals surface area contributed by atoms with Crippen molar-refractivity contribution in [2.45, 2.75) is 12.8 Å². The van der Waals surface area contributed by atoms with Gasteiger partial charge in [0.15, 0.2) is 0 Å². The molecule has 0 spiro atoms. The first-order valence-electron chi connectivity index (χ1n) is 6.97. The molecular weight excluding hydrogens is 272 g/mol. The van der Waals surface area contributed by atoms with E-state index in [1.807, 2.05) is 4.90 Å². The van der Waals surface area contributed by atoms with Gasteiger partial charge >= 0.3 is 5.97 Å². The van der Waals surface area contributed by atoms with Crippen molar-refractivity contribution in [2.75, 3.05) is 32.1 Å². The molecule has 21 heavy (non-hydrogen) atoms. The number of carboxylic acid groups (broad SMARTS) is 1. The molecule has 1 aliphatic heterocycles. The van der Waals surface area contributed by atoms with Crippen LogP contribution in [0.25, 0.3) is 0 Å². The minimum absolute atomic E-state index is 0.0704. The third-order valence-electron chi connectivity index (χ3n) is 3.65. The summed E-state index contributed by atoms with van der Waals surface area (Å²) in [5.41, 5.74) is 0.727. The Labute approximate surface area is 123 Å². The number of nitrogens with one attached hydrogen (secondary N) is 1. The molecule has 0 aromatic heterocycles. The first kappa shape index (κ1) is 15.3. The molecule has 1 unspecified atom stereocenters. The molecule has 0 bridgehead atoms. The van der Waals surface area contributed by atoms with Crippen LogP contribution >= 0.6 is 0 Å². The summed E-state index contributed by atoms with van der Waals surface area (Å²) in [6, 6.07) is 7.14. The van der Waals surface area contributed by atoms with Crippen molar-refractivity contribution in [1.29, 1.82) is 0 Å². The Morgan fingerprint density at radius 3 is 2.67 bits per heavy atom. The molecule has 2 N–H and O–H groups in total. The number of ether oxygens (including phenoxy) is 1. The number of carbonyl (C=O) groups is 2. The molecule has 1 amide bonds. The molecule has 1 heterocycles. The highest BCUT2D eigenvalue weighted by molar-refractivity contribution is 5.90. The number of aliphatic carboxylic acids is 1. The number of carbonyl (C=O) groups excluding carboxylic acids is 1. The number of anilines is 1. The normalized spacial score (nSPS) is 18.4. The first-order chi connectivity index (χ1) is 10.1. The molecule has 114 valence electrons. The lowest BCUT2D eigenvalue weighted by molar-refractivity contribution is -0.141. The minimum atomic E-state index is -0.750. The fourth-order valence-corrected chi connectivity index (χ4v) is 2.39. The summed E-state index contributed by atoms with van der Waals surface area (Å²) in [6.45, 7) is 1.86. The van der Waals surface area contributed by atoms with Crippen LogP contribution in [0.15, 0.2) is 24.3 Å². The maximum absolute atomic E-state index is 11.9. The Morgan fingerprint density at radius 2 is 2.10 bits per heavy atom. The second-order valence-corrected chi connectivity index (χ2v) is 5.15. The second kappa shape index (κ2) is 7.08. The number of hydrogen-bond donors (Lipinski definition) is 2. The van der Waals surface area contributed by atoms with Crippen LogP contribution < -0.4 is 10.1 Å². The Hall–Kier alpha value is -2.08. The van der Waals surface area contributed by atoms with E-state index in [0.717, 1.165) is 18.0 Å². The predicted molar refractivity (Wildman–Crippen MR) is 78.4 cm³/mol. The zero-order valence-electron chi connectivity index (χ0n) is 12.0. The molecule has 2 rings (SSSR count). The zero-order chi connectivity index (χ0) is 15.2. The van der Waals surface area contributed by atoms with Crippen molar-refractivity contribution in [2.24, 2.45) is 5.92 Å². The molecule has 0 saturated carbocycles. The van der Waals surface area contributed by atoms with Gasteiger partial charge in [-0.15, -0.1) is 0 Å². The van der Waals surface area contributed by atoms with E-state index in [1.54, 1.807) is 31.4 Å². The van der Waals surface area contributed by atoms with Gasteiger partial charge in [0, 0.05) is 25.2 Å². The number of nitrogens with zero attached hydrogens (tertiary/aromatic N) is 1. The van der Waals surface area contributed by atoms with Gasteiger partial charge < -0.3 is 20.1 Å². The van der Waals surface area contributed by atoms with E-state index in [9.17, 15) is 9.59 Å². The van der Waals surface area contributed by atoms with Gasteiger partial charge in [-0.05, 0) is 37.2 Å². The lowest BCUT2D eigenvalue weighted by atomic mass is 10.1. The molecule has 1 saturated heterocycles. The van der Waals surface area contributed by atoms with Crippen molar-refractivity contribution >= 4 is 17.6 Å². The molecule has 1 aliphatic rings. The summed E-state index contributed by atoms with van der Waals surface area (Å²) in [5.74, 6) is -0.376. The molecule has 1 fully saturated rings. The van der Waals surface area contributed by atoms with Crippen LogP contribution in [0.5, 0.6) is 5.75 Å². The number of hydrogen-bond acceptors (Lipinski definition) is 4. The Balaban J connectivity index is 1.73. The van der Waals surface area contributed by atoms with Gasteiger partial charge in [-0.1, -0.05) is 0 Å². The van der Waals surface area contributed by atoms with E-state index < -0.39 is 5.97 Å². The summed E-state index contributed by atoms with van der Waals surface area (Å²) >= 11 is 0. The van der Waals surface area contributed by atoms with Gasteiger partial charge in [0.25, 0.3) is 0 Å². The highest BCUT2D eigenvalue weighted by atomic mass is 16.5. The van der Waals surface area contributed by atoms with Gasteiger partial charge in [-0.3, -0.25) is 9.59 Å². The Kier molecular flexibility index (Phi) is 5.16. The summed E-state index contributed by atoms with van der Waals surface area (Å²) in [4.78, 5) is 24.7. The third-order valence-corrected chi connectivity index (χ3v) is 3.65. The number of methoxy groups -OCH3 is 1. The highest BCUT2D eigenvalue weighted by Gasteiger charge is 2.27. The van der Waals surface area contributed by atoms with E-state index in [2.05, 4.69) is 5.32 Å². The predicted octanol–water partition coefficient (Wildman–Crippen LogP) is 1.43. The topological polar surface area (TPSA) is 78.9 Å². The quantitative estimate of drug-likeness (QED) is 0.829. The zero-order valence-corrected chi connectivity index (χ0v) is 12.0. The summed E-state index contributed by atoms with van der Waals surface area (Å²) in [6.07, 6.45) is 1.02. The van der Waals surface area contributed by atoms with E-state index in [4.69, 9.17) is 9.84 Å². The van der Waals surface area contributed by atoms with Crippen LogP contribution in [-0.2, 0) is 9.59 Å². The smallest absolute Gasteiger partial charge is 0.307 e. The van der Waals surface area contributed by atoms with Crippen molar-refractivity contribution in [3.05, 3.63) is 24.3 Å². The Morgan fingerprint density at radius 1 is 1.38 bits per heavy atom. The van der Waals surface area contributed by atoms with Crippen LogP contribution in [-0.4, -0.2) is 48.6 Å². The molecule has 0 radical (unpaired) electrons. The highest BCUT2D eigenvalue weighted by Crippen LogP contribution is 2.17. The van der Waals surface area contributed by atoms with Crippen LogP contribution in [0.3, 0.4) is 0 Å². The lowest BCUT2D eigenvalue weighted by Crippen LogP contribution is -2.27. The van der Waals surface area contributed by atoms with Gasteiger partial charge in [-0.2, -0.15) is 0 Å². The number of likely N-dealkylation sites (tertiary alicyclic amines) is 1. The number of amides is 1. The fourth-order valence-electron chi connectivity index (χ4n) is 2.39. The number of rotatable bonds is 6. The van der Waals surface area contributed by atoms with Gasteiger partial charge in [-0.25, -0.2) is 0 Å². The Bertz CT molecular complexity index is 501. The van der Waals surface area contributed by atoms with E-state index >= 15 is 0 Å². The van der Waals surface area contributed by atoms with Crippen molar-refractivity contribution in [3.63, 3.8) is 0 Å². The summed E-state index contributed by atoms with van der Waals surface area (Å²) < 4.78 is 5.05. The largest absolute Gasteiger partial charge is 0.497 e. The summed E-state index contributed by atoms with van der Waals surface area (Å²) in [7, 11) is 1.59. The number of carboxylic acids is 1. The maximum Gasteiger partial charge on any atom is 0.307 e. The monoisotopic (exact) mass is 292 g/mol. The van der Waals surface area contributed by atoms with Crippen molar-refractivity contribution < 1.29 is 19.4 Å². The average Bonchev–Trinajstić information content (AvgIpc) is 2.95. The second-order valence-electron chi connectivity index (χ2n) is 5.15. The maximum atomic E-state index is 11.9. The van der Waals surface area contributed by atoms with Crippen LogP contribution in [0.4, 0.5) is 5.69 Å². The minimum Gasteiger partial charge on any atom is -0.497 e. The SMILES string of the molecule is COc1ccc(NC(=O)CCN2CCC(C(=O)O)C2)cc1. The molecular formula is C15H20N2O4. The number of benzene rings is 1. The van der Waals surface area contributed by atoms with Gasteiger partial charge in [0.1, 0.15) is 5.75 Å². The van der Waals surface area contributed by atoms with Crippen LogP contribution in [0.2, 0.25) is 0 Å². The van der Waals surface area contributed by atoms with Crippen molar-refractivity contribution in [3.8, 4) is 5.75 Å². The van der Waals surface area contributed by atoms with Gasteiger partial charge in [0.05, 0.1) is 13.0 Å². The summed E-state index contributed by atoms with van der Waals surface area (Å²) in [5, 5.41) is 11.7. The van der Waals surface area contributed by atoms with Gasteiger partial charge in [0.2, 0.25) is 5.91 Å². The van der Waals surface area contributed by atoms with Crippen molar-refractivity contribution in [1.82, 2.24) is 4.90 Å². The van der Waals surface area contributed by atoms with E-state index in [-0.39, 0.29) is 11.8 Å². The standard InChI is InChI=1S/C15H20N2O4/c1-21-13-4-2-12(3-5-13)16-14(18)7-9-17-8-6-11(10-17)15(19)20/h2-5,11H,6-10H2,1H3,(H,16,18)(H,19,20). The fraction of sp³-hybridized carbons (Fsp3) is 0.467. The molecule has 1 atom stereocenters. The molecule has 6 heteroatoms. The molecule has 1 aromatic carbocycles. The average molecular weight is 292 g/mol. The first-order valence-corrected chi connectivity index (χ1v) is 6.97.